The molecule has 1 aromatic rings. The Morgan fingerprint density at radius 1 is 1.21 bits per heavy atom. The maximum atomic E-state index is 12.4. The topological polar surface area (TPSA) is 35.5 Å². The van der Waals surface area contributed by atoms with Gasteiger partial charge in [-0.3, -0.25) is 4.79 Å². The van der Waals surface area contributed by atoms with Crippen LogP contribution in [-0.2, 0) is 0 Å². The number of ether oxygens (including phenoxy) is 2. The summed E-state index contributed by atoms with van der Waals surface area (Å²) in [5.41, 5.74) is 1.64. The average molecular weight is 258 g/mol. The van der Waals surface area contributed by atoms with Gasteiger partial charge >= 0.3 is 0 Å². The second-order valence-corrected chi connectivity index (χ2v) is 5.30. The fraction of sp³-hybridized carbons (Fsp3) is 0.438. The molecule has 0 bridgehead atoms. The highest BCUT2D eigenvalue weighted by molar-refractivity contribution is 6.09. The molecule has 0 saturated heterocycles. The first-order valence-corrected chi connectivity index (χ1v) is 6.87. The van der Waals surface area contributed by atoms with Crippen LogP contribution in [0.1, 0.15) is 36.5 Å². The van der Waals surface area contributed by atoms with E-state index in [1.807, 2.05) is 12.1 Å². The van der Waals surface area contributed by atoms with Gasteiger partial charge in [0.15, 0.2) is 17.3 Å². The first-order chi connectivity index (χ1) is 9.24. The first kappa shape index (κ1) is 12.3. The van der Waals surface area contributed by atoms with Gasteiger partial charge in [-0.2, -0.15) is 0 Å². The zero-order chi connectivity index (χ0) is 13.2. The van der Waals surface area contributed by atoms with Crippen molar-refractivity contribution in [2.24, 2.45) is 5.92 Å². The number of benzene rings is 1. The Balaban J connectivity index is 1.84. The third-order valence-electron chi connectivity index (χ3n) is 3.77. The van der Waals surface area contributed by atoms with Crippen molar-refractivity contribution < 1.29 is 14.3 Å². The molecule has 0 radical (unpaired) electrons. The van der Waals surface area contributed by atoms with Crippen molar-refractivity contribution in [3.63, 3.8) is 0 Å². The molecule has 3 rings (SSSR count). The van der Waals surface area contributed by atoms with E-state index in [2.05, 4.69) is 13.0 Å². The normalized spacial score (nSPS) is 21.7. The van der Waals surface area contributed by atoms with Crippen LogP contribution in [0, 0.1) is 5.92 Å². The summed E-state index contributed by atoms with van der Waals surface area (Å²) < 4.78 is 11.0. The number of hydrogen-bond donors (Lipinski definition) is 0. The van der Waals surface area contributed by atoms with Crippen LogP contribution < -0.4 is 9.47 Å². The second-order valence-electron chi connectivity index (χ2n) is 5.30. The molecule has 0 saturated carbocycles. The van der Waals surface area contributed by atoms with E-state index in [1.165, 1.54) is 0 Å². The Morgan fingerprint density at radius 3 is 2.74 bits per heavy atom. The zero-order valence-electron chi connectivity index (χ0n) is 11.1. The Morgan fingerprint density at radius 2 is 2.00 bits per heavy atom. The number of hydrogen-bond acceptors (Lipinski definition) is 3. The van der Waals surface area contributed by atoms with E-state index in [4.69, 9.17) is 9.47 Å². The van der Waals surface area contributed by atoms with Crippen molar-refractivity contribution in [3.8, 4) is 11.5 Å². The van der Waals surface area contributed by atoms with Crippen LogP contribution in [0.25, 0.3) is 0 Å². The van der Waals surface area contributed by atoms with Crippen molar-refractivity contribution in [1.29, 1.82) is 0 Å². The van der Waals surface area contributed by atoms with Crippen LogP contribution >= 0.6 is 0 Å². The highest BCUT2D eigenvalue weighted by Crippen LogP contribution is 2.32. The largest absolute Gasteiger partial charge is 0.486 e. The minimum absolute atomic E-state index is 0.129. The summed E-state index contributed by atoms with van der Waals surface area (Å²) in [6.45, 7) is 3.34. The summed E-state index contributed by atoms with van der Waals surface area (Å²) in [7, 11) is 0. The van der Waals surface area contributed by atoms with Crippen molar-refractivity contribution >= 4 is 5.78 Å². The monoisotopic (exact) mass is 258 g/mol. The Labute approximate surface area is 113 Å². The number of carbonyl (C=O) groups excluding carboxylic acids is 1. The summed E-state index contributed by atoms with van der Waals surface area (Å²) in [5.74, 6) is 2.23. The quantitative estimate of drug-likeness (QED) is 0.763. The molecule has 0 amide bonds. The summed E-state index contributed by atoms with van der Waals surface area (Å²) >= 11 is 0. The van der Waals surface area contributed by atoms with Crippen molar-refractivity contribution in [2.45, 2.75) is 26.2 Å². The molecule has 1 aliphatic heterocycles. The summed E-state index contributed by atoms with van der Waals surface area (Å²) in [4.78, 5) is 12.4. The molecule has 3 nitrogen and oxygen atoms in total. The van der Waals surface area contributed by atoms with Gasteiger partial charge < -0.3 is 9.47 Å². The maximum absolute atomic E-state index is 12.4. The number of Topliss-reactive ketones (excluding diaryl/α,β-unsaturated/α-hetero) is 1. The lowest BCUT2D eigenvalue weighted by molar-refractivity contribution is 0.102. The van der Waals surface area contributed by atoms with Crippen molar-refractivity contribution in [1.82, 2.24) is 0 Å². The summed E-state index contributed by atoms with van der Waals surface area (Å²) in [6.07, 6.45) is 5.08. The van der Waals surface area contributed by atoms with Gasteiger partial charge in [0, 0.05) is 5.56 Å². The van der Waals surface area contributed by atoms with E-state index in [0.717, 1.165) is 30.6 Å². The third kappa shape index (κ3) is 2.50. The second kappa shape index (κ2) is 5.08. The van der Waals surface area contributed by atoms with Gasteiger partial charge in [-0.1, -0.05) is 13.0 Å². The molecule has 1 aromatic carbocycles. The van der Waals surface area contributed by atoms with E-state index < -0.39 is 0 Å². The maximum Gasteiger partial charge on any atom is 0.188 e. The Bertz CT molecular complexity index is 531. The van der Waals surface area contributed by atoms with Crippen LogP contribution in [0.4, 0.5) is 0 Å². The molecule has 1 atom stereocenters. The van der Waals surface area contributed by atoms with Gasteiger partial charge in [0.05, 0.1) is 0 Å². The molecular formula is C16H18O3. The third-order valence-corrected chi connectivity index (χ3v) is 3.77. The smallest absolute Gasteiger partial charge is 0.188 e. The number of ketones is 1. The molecule has 0 spiro atoms. The lowest BCUT2D eigenvalue weighted by Crippen LogP contribution is -2.16. The van der Waals surface area contributed by atoms with E-state index in [0.29, 0.717) is 30.4 Å². The standard InChI is InChI=1S/C16H18O3/c1-11-2-4-12(5-3-11)16(17)13-6-7-14-15(10-13)19-9-8-18-14/h4,6-7,10-11H,2-3,5,8-9H2,1H3. The fourth-order valence-electron chi connectivity index (χ4n) is 2.54. The first-order valence-electron chi connectivity index (χ1n) is 6.87. The minimum atomic E-state index is 0.129. The predicted octanol–water partition coefficient (Wildman–Crippen LogP) is 3.39. The van der Waals surface area contributed by atoms with Crippen LogP contribution in [-0.4, -0.2) is 19.0 Å². The van der Waals surface area contributed by atoms with Gasteiger partial charge in [0.2, 0.25) is 0 Å². The molecule has 3 heteroatoms. The predicted molar refractivity (Wildman–Crippen MR) is 72.9 cm³/mol. The molecule has 19 heavy (non-hydrogen) atoms. The molecule has 1 heterocycles. The van der Waals surface area contributed by atoms with Crippen LogP contribution in [0.3, 0.4) is 0 Å². The van der Waals surface area contributed by atoms with Crippen molar-refractivity contribution in [2.75, 3.05) is 13.2 Å². The molecule has 100 valence electrons. The van der Waals surface area contributed by atoms with Crippen LogP contribution in [0.15, 0.2) is 29.8 Å². The summed E-state index contributed by atoms with van der Waals surface area (Å²) in [5, 5.41) is 0. The molecule has 0 fully saturated rings. The lowest BCUT2D eigenvalue weighted by atomic mass is 9.87. The zero-order valence-corrected chi connectivity index (χ0v) is 11.1. The molecular weight excluding hydrogens is 240 g/mol. The van der Waals surface area contributed by atoms with E-state index in [1.54, 1.807) is 6.07 Å². The Hall–Kier alpha value is -1.77. The highest BCUT2D eigenvalue weighted by atomic mass is 16.6. The van der Waals surface area contributed by atoms with E-state index in [-0.39, 0.29) is 5.78 Å². The Kier molecular flexibility index (Phi) is 3.28. The molecule has 0 N–H and O–H groups in total. The van der Waals surface area contributed by atoms with Gasteiger partial charge in [-0.05, 0) is 49.0 Å². The molecule has 1 unspecified atom stereocenters. The van der Waals surface area contributed by atoms with Gasteiger partial charge in [-0.15, -0.1) is 0 Å². The van der Waals surface area contributed by atoms with Crippen molar-refractivity contribution in [3.05, 3.63) is 35.4 Å². The van der Waals surface area contributed by atoms with Gasteiger partial charge in [-0.25, -0.2) is 0 Å². The van der Waals surface area contributed by atoms with Gasteiger partial charge in [0.25, 0.3) is 0 Å². The number of rotatable bonds is 2. The lowest BCUT2D eigenvalue weighted by Gasteiger charge is -2.20. The number of allylic oxidation sites excluding steroid dienone is 2. The van der Waals surface area contributed by atoms with E-state index in [9.17, 15) is 4.79 Å². The van der Waals surface area contributed by atoms with Crippen LogP contribution in [0.2, 0.25) is 0 Å². The SMILES string of the molecule is CC1CC=C(C(=O)c2ccc3c(c2)OCCO3)CC1. The minimum Gasteiger partial charge on any atom is -0.486 e. The highest BCUT2D eigenvalue weighted by Gasteiger charge is 2.20. The fourth-order valence-corrected chi connectivity index (χ4v) is 2.54. The summed E-state index contributed by atoms with van der Waals surface area (Å²) in [6, 6.07) is 5.46. The van der Waals surface area contributed by atoms with E-state index >= 15 is 0 Å². The molecule has 0 aromatic heterocycles. The molecule has 2 aliphatic rings. The average Bonchev–Trinajstić information content (AvgIpc) is 2.47. The molecule has 1 aliphatic carbocycles. The number of fused-ring (bicyclic) bond motifs is 1. The number of carbonyl (C=O) groups is 1. The van der Waals surface area contributed by atoms with Gasteiger partial charge in [0.1, 0.15) is 13.2 Å². The van der Waals surface area contributed by atoms with Crippen LogP contribution in [0.5, 0.6) is 11.5 Å².